The zero-order valence-corrected chi connectivity index (χ0v) is 14.7. The molecule has 1 aromatic carbocycles. The van der Waals surface area contributed by atoms with Gasteiger partial charge in [-0.05, 0) is 43.3 Å². The van der Waals surface area contributed by atoms with Gasteiger partial charge in [0.05, 0.1) is 26.2 Å². The van der Waals surface area contributed by atoms with E-state index in [-0.39, 0.29) is 0 Å². The molecule has 0 spiro atoms. The molecule has 0 aromatic heterocycles. The lowest BCUT2D eigenvalue weighted by molar-refractivity contribution is -0.917. The first-order valence-electron chi connectivity index (χ1n) is 9.21. The van der Waals surface area contributed by atoms with E-state index in [1.165, 1.54) is 44.3 Å². The van der Waals surface area contributed by atoms with Crippen molar-refractivity contribution in [2.45, 2.75) is 38.3 Å². The molecule has 1 aliphatic heterocycles. The minimum absolute atomic E-state index is 0.663. The largest absolute Gasteiger partial charge is 0.360 e. The van der Waals surface area contributed by atoms with Crippen LogP contribution in [0.3, 0.4) is 0 Å². The van der Waals surface area contributed by atoms with Crippen molar-refractivity contribution in [2.75, 3.05) is 26.2 Å². The summed E-state index contributed by atoms with van der Waals surface area (Å²) in [7, 11) is 0. The number of fused-ring (bicyclic) bond motifs is 2. The molecule has 1 saturated heterocycles. The van der Waals surface area contributed by atoms with E-state index < -0.39 is 0 Å². The summed E-state index contributed by atoms with van der Waals surface area (Å²) in [5.41, 5.74) is 1.44. The zero-order chi connectivity index (χ0) is 15.6. The van der Waals surface area contributed by atoms with Crippen LogP contribution in [0.25, 0.3) is 0 Å². The van der Waals surface area contributed by atoms with Gasteiger partial charge in [-0.2, -0.15) is 0 Å². The maximum absolute atomic E-state index is 5.70. The fourth-order valence-corrected chi connectivity index (χ4v) is 5.09. The fraction of sp³-hybridized carbons (Fsp3) is 0.632. The van der Waals surface area contributed by atoms with E-state index >= 15 is 0 Å². The summed E-state index contributed by atoms with van der Waals surface area (Å²) in [6, 6.07) is 11.5. The molecular weight excluding hydrogens is 302 g/mol. The molecule has 4 rings (SSSR count). The number of rotatable bonds is 3. The van der Waals surface area contributed by atoms with Gasteiger partial charge in [0.2, 0.25) is 0 Å². The minimum atomic E-state index is 0.663. The van der Waals surface area contributed by atoms with Gasteiger partial charge in [-0.15, -0.1) is 0 Å². The molecule has 2 N–H and O–H groups in total. The van der Waals surface area contributed by atoms with Crippen molar-refractivity contribution in [1.82, 2.24) is 10.2 Å². The van der Waals surface area contributed by atoms with Gasteiger partial charge in [0, 0.05) is 11.6 Å². The van der Waals surface area contributed by atoms with E-state index in [1.54, 1.807) is 4.90 Å². The van der Waals surface area contributed by atoms with E-state index in [0.717, 1.165) is 36.6 Å². The predicted molar refractivity (Wildman–Crippen MR) is 97.4 cm³/mol. The third-order valence-corrected chi connectivity index (χ3v) is 6.48. The van der Waals surface area contributed by atoms with Gasteiger partial charge in [0.25, 0.3) is 0 Å². The Kier molecular flexibility index (Phi) is 4.54. The van der Waals surface area contributed by atoms with Crippen LogP contribution in [-0.4, -0.2) is 42.2 Å². The van der Waals surface area contributed by atoms with Crippen LogP contribution in [0.4, 0.5) is 0 Å². The molecule has 3 fully saturated rings. The Hall–Kier alpha value is -1.13. The summed E-state index contributed by atoms with van der Waals surface area (Å²) < 4.78 is 0. The van der Waals surface area contributed by atoms with Gasteiger partial charge in [-0.25, -0.2) is 0 Å². The Morgan fingerprint density at radius 2 is 1.91 bits per heavy atom. The number of thiocarbonyl (C=S) groups is 1. The molecule has 2 bridgehead atoms. The van der Waals surface area contributed by atoms with Gasteiger partial charge >= 0.3 is 0 Å². The van der Waals surface area contributed by atoms with E-state index in [2.05, 4.69) is 40.5 Å². The van der Waals surface area contributed by atoms with Crippen molar-refractivity contribution >= 4 is 17.3 Å². The van der Waals surface area contributed by atoms with Crippen LogP contribution >= 0.6 is 12.2 Å². The van der Waals surface area contributed by atoms with Crippen LogP contribution < -0.4 is 10.2 Å². The number of benzene rings is 1. The lowest BCUT2D eigenvalue weighted by Crippen LogP contribution is -3.13. The average Bonchev–Trinajstić information content (AvgIpc) is 3.19. The molecule has 124 valence electrons. The van der Waals surface area contributed by atoms with Crippen molar-refractivity contribution in [3.8, 4) is 0 Å². The van der Waals surface area contributed by atoms with Crippen LogP contribution in [0.1, 0.15) is 31.2 Å². The fourth-order valence-electron chi connectivity index (χ4n) is 4.76. The molecule has 0 unspecified atom stereocenters. The molecule has 0 amide bonds. The monoisotopic (exact) mass is 330 g/mol. The first-order valence-corrected chi connectivity index (χ1v) is 9.61. The molecular formula is C19H28N3S+. The van der Waals surface area contributed by atoms with Crippen molar-refractivity contribution in [3.63, 3.8) is 0 Å². The van der Waals surface area contributed by atoms with Crippen LogP contribution in [0.15, 0.2) is 30.3 Å². The number of nitrogens with zero attached hydrogens (tertiary/aromatic N) is 1. The Morgan fingerprint density at radius 3 is 2.57 bits per heavy atom. The minimum Gasteiger partial charge on any atom is -0.360 e. The van der Waals surface area contributed by atoms with Crippen molar-refractivity contribution in [2.24, 2.45) is 11.8 Å². The lowest BCUT2D eigenvalue weighted by atomic mass is 9.95. The normalized spacial score (nSPS) is 30.6. The second-order valence-electron chi connectivity index (χ2n) is 7.63. The van der Waals surface area contributed by atoms with Crippen LogP contribution in [-0.2, 0) is 6.54 Å². The molecule has 2 saturated carbocycles. The molecule has 23 heavy (non-hydrogen) atoms. The zero-order valence-electron chi connectivity index (χ0n) is 13.8. The highest BCUT2D eigenvalue weighted by molar-refractivity contribution is 7.80. The third-order valence-electron chi connectivity index (χ3n) is 6.10. The Morgan fingerprint density at radius 1 is 1.13 bits per heavy atom. The molecule has 3 nitrogen and oxygen atoms in total. The highest BCUT2D eigenvalue weighted by Crippen LogP contribution is 2.44. The number of quaternary nitrogens is 1. The number of hydrogen-bond acceptors (Lipinski definition) is 1. The summed E-state index contributed by atoms with van der Waals surface area (Å²) in [6.45, 7) is 5.70. The van der Waals surface area contributed by atoms with E-state index in [0.29, 0.717) is 6.04 Å². The van der Waals surface area contributed by atoms with Crippen LogP contribution in [0, 0.1) is 11.8 Å². The summed E-state index contributed by atoms with van der Waals surface area (Å²) >= 11 is 5.70. The Labute approximate surface area is 145 Å². The van der Waals surface area contributed by atoms with Gasteiger partial charge in [0.1, 0.15) is 6.54 Å². The maximum atomic E-state index is 5.70. The molecule has 3 atom stereocenters. The summed E-state index contributed by atoms with van der Waals surface area (Å²) in [5.74, 6) is 1.87. The maximum Gasteiger partial charge on any atom is 0.169 e. The number of nitrogens with one attached hydrogen (secondary N) is 2. The first-order chi connectivity index (χ1) is 11.3. The van der Waals surface area contributed by atoms with Crippen LogP contribution in [0.5, 0.6) is 0 Å². The van der Waals surface area contributed by atoms with Crippen LogP contribution in [0.2, 0.25) is 0 Å². The second kappa shape index (κ2) is 6.78. The van der Waals surface area contributed by atoms with Gasteiger partial charge < -0.3 is 15.1 Å². The number of piperazine rings is 1. The molecule has 4 heteroatoms. The SMILES string of the molecule is S=C(N[C@@H]1C[C@H]2CC[C@@H]1C2)N1CC[NH+](Cc2ccccc2)CC1. The highest BCUT2D eigenvalue weighted by Gasteiger charge is 2.40. The molecule has 1 aromatic rings. The van der Waals surface area contributed by atoms with Gasteiger partial charge in [-0.3, -0.25) is 0 Å². The molecule has 3 aliphatic rings. The lowest BCUT2D eigenvalue weighted by Gasteiger charge is -2.36. The second-order valence-corrected chi connectivity index (χ2v) is 8.02. The first kappa shape index (κ1) is 15.4. The number of hydrogen-bond donors (Lipinski definition) is 2. The van der Waals surface area contributed by atoms with Crippen molar-refractivity contribution < 1.29 is 4.90 Å². The summed E-state index contributed by atoms with van der Waals surface area (Å²) in [4.78, 5) is 4.07. The van der Waals surface area contributed by atoms with Gasteiger partial charge in [0.15, 0.2) is 5.11 Å². The highest BCUT2D eigenvalue weighted by atomic mass is 32.1. The average molecular weight is 331 g/mol. The van der Waals surface area contributed by atoms with Crippen molar-refractivity contribution in [1.29, 1.82) is 0 Å². The summed E-state index contributed by atoms with van der Waals surface area (Å²) in [6.07, 6.45) is 5.66. The molecule has 2 aliphatic carbocycles. The van der Waals surface area contributed by atoms with Crippen molar-refractivity contribution in [3.05, 3.63) is 35.9 Å². The van der Waals surface area contributed by atoms with E-state index in [1.807, 2.05) is 0 Å². The Balaban J connectivity index is 1.24. The molecule has 0 radical (unpaired) electrons. The van der Waals surface area contributed by atoms with E-state index in [9.17, 15) is 0 Å². The topological polar surface area (TPSA) is 19.7 Å². The molecule has 1 heterocycles. The smallest absolute Gasteiger partial charge is 0.169 e. The Bertz CT molecular complexity index is 539. The predicted octanol–water partition coefficient (Wildman–Crippen LogP) is 1.45. The van der Waals surface area contributed by atoms with E-state index in [4.69, 9.17) is 12.2 Å². The third kappa shape index (κ3) is 3.53. The summed E-state index contributed by atoms with van der Waals surface area (Å²) in [5, 5.41) is 4.71. The standard InChI is InChI=1S/C19H27N3S/c23-19(20-18-13-16-6-7-17(18)12-16)22-10-8-21(9-11-22)14-15-4-2-1-3-5-15/h1-5,16-18H,6-14H2,(H,20,23)/p+1/t16-,17+,18+/m0/s1. The quantitative estimate of drug-likeness (QED) is 0.819. The van der Waals surface area contributed by atoms with Gasteiger partial charge in [-0.1, -0.05) is 36.8 Å².